The van der Waals surface area contributed by atoms with Gasteiger partial charge in [-0.15, -0.1) is 0 Å². The summed E-state index contributed by atoms with van der Waals surface area (Å²) in [5.41, 5.74) is 1.62. The Kier molecular flexibility index (Phi) is 14.6. The second-order valence-electron chi connectivity index (χ2n) is 9.35. The van der Waals surface area contributed by atoms with Crippen molar-refractivity contribution in [3.8, 4) is 0 Å². The fraction of sp³-hybridized carbons (Fsp3) is 0.417. The van der Waals surface area contributed by atoms with Gasteiger partial charge in [-0.1, -0.05) is 30.3 Å². The number of carbonyl (C=O) groups excluding carboxylic acids is 2. The van der Waals surface area contributed by atoms with E-state index in [2.05, 4.69) is 56.2 Å². The molecule has 0 amide bonds. The highest BCUT2D eigenvalue weighted by Gasteiger charge is 2.62. The largest absolute Gasteiger partial charge is 0.743 e. The van der Waals surface area contributed by atoms with Gasteiger partial charge in [-0.2, -0.15) is 22.0 Å². The van der Waals surface area contributed by atoms with Crippen LogP contribution in [0.2, 0.25) is 0 Å². The van der Waals surface area contributed by atoms with Gasteiger partial charge in [0.15, 0.2) is 10.1 Å². The molecule has 0 saturated heterocycles. The summed E-state index contributed by atoms with van der Waals surface area (Å²) >= 11 is 5.87. The highest BCUT2D eigenvalue weighted by Crippen LogP contribution is 2.38. The Bertz CT molecular complexity index is 1310. The van der Waals surface area contributed by atoms with Crippen molar-refractivity contribution in [2.24, 2.45) is 0 Å². The summed E-state index contributed by atoms with van der Waals surface area (Å²) in [6.07, 6.45) is -11.8. The maximum Gasteiger partial charge on any atom is 0.432 e. The Hall–Kier alpha value is -0.910. The van der Waals surface area contributed by atoms with Crippen LogP contribution in [0.15, 0.2) is 42.5 Å². The van der Waals surface area contributed by atoms with E-state index in [0.717, 1.165) is 18.2 Å². The zero-order valence-corrected chi connectivity index (χ0v) is 29.0. The number of benzene rings is 2. The Balaban J connectivity index is 0.000000634. The van der Waals surface area contributed by atoms with Crippen LogP contribution in [0.3, 0.4) is 0 Å². The van der Waals surface area contributed by atoms with E-state index in [1.165, 1.54) is 11.6 Å². The molecule has 41 heavy (non-hydrogen) atoms. The molecule has 0 aliphatic rings. The zero-order valence-electron chi connectivity index (χ0n) is 21.7. The summed E-state index contributed by atoms with van der Waals surface area (Å²) < 4.78 is 107. The summed E-state index contributed by atoms with van der Waals surface area (Å²) in [5.74, 6) is -2.63. The third kappa shape index (κ3) is 13.1. The fourth-order valence-corrected chi connectivity index (χ4v) is 5.76. The number of carbonyl (C=O) groups is 2. The van der Waals surface area contributed by atoms with Crippen LogP contribution >= 0.6 is 67.8 Å². The minimum Gasteiger partial charge on any atom is -0.743 e. The zero-order chi connectivity index (χ0) is 31.8. The lowest BCUT2D eigenvalue weighted by atomic mass is 10.2. The average molecular weight is 947 g/mol. The number of rotatable bonds is 10. The van der Waals surface area contributed by atoms with Crippen LogP contribution in [-0.2, 0) is 30.9 Å². The van der Waals surface area contributed by atoms with E-state index >= 15 is 0 Å². The number of ether oxygens (including phenoxy) is 2. The minimum atomic E-state index is -6.76. The SMILES string of the molecule is C[N+](C)(C)Cc1ccccc1.O=C(CCCOC(=O)c1cc(I)cc(I)c1I)OC(C(F)(F)F)C(F)(F)S(=O)(=O)[O-]. The number of quaternary nitrogens is 1. The van der Waals surface area contributed by atoms with E-state index in [-0.39, 0.29) is 5.56 Å². The van der Waals surface area contributed by atoms with Crippen LogP contribution in [0.5, 0.6) is 0 Å². The molecule has 0 heterocycles. The molecule has 1 atom stereocenters. The van der Waals surface area contributed by atoms with Gasteiger partial charge < -0.3 is 18.5 Å². The molecule has 2 rings (SSSR count). The maximum atomic E-state index is 13.3. The van der Waals surface area contributed by atoms with E-state index < -0.39 is 59.0 Å². The highest BCUT2D eigenvalue weighted by atomic mass is 127. The standard InChI is InChI=1S/C14H10F5I3O7S.C10H16N/c15-13(16,17)12(14(18,19)30(25,26)27)29-9(23)2-1-3-28-11(24)7-4-6(20)5-8(21)10(7)22;1-11(2,3)9-10-7-5-4-6-8-10/h4-5,12H,1-3H2,(H,25,26,27);4-8H,9H2,1-3H3/q;+1/p-1. The van der Waals surface area contributed by atoms with Gasteiger partial charge in [-0.05, 0) is 86.3 Å². The van der Waals surface area contributed by atoms with Gasteiger partial charge in [-0.25, -0.2) is 13.2 Å². The highest BCUT2D eigenvalue weighted by molar-refractivity contribution is 14.1. The number of halogens is 8. The summed E-state index contributed by atoms with van der Waals surface area (Å²) in [6.45, 7) is 0.639. The predicted octanol–water partition coefficient (Wildman–Crippen LogP) is 5.94. The van der Waals surface area contributed by atoms with Crippen molar-refractivity contribution < 1.29 is 58.5 Å². The Labute approximate surface area is 275 Å². The van der Waals surface area contributed by atoms with Gasteiger partial charge in [0, 0.05) is 22.7 Å². The monoisotopic (exact) mass is 947 g/mol. The van der Waals surface area contributed by atoms with Crippen LogP contribution in [0.4, 0.5) is 22.0 Å². The molecule has 0 radical (unpaired) electrons. The molecular formula is C24H25F5I3NO7S. The molecule has 0 bridgehead atoms. The smallest absolute Gasteiger partial charge is 0.432 e. The van der Waals surface area contributed by atoms with E-state index in [9.17, 15) is 44.5 Å². The summed E-state index contributed by atoms with van der Waals surface area (Å²) in [5, 5.41) is -5.91. The molecule has 0 aliphatic heterocycles. The van der Waals surface area contributed by atoms with Crippen molar-refractivity contribution in [1.82, 2.24) is 0 Å². The van der Waals surface area contributed by atoms with Crippen molar-refractivity contribution in [2.45, 2.75) is 36.9 Å². The lowest BCUT2D eigenvalue weighted by Gasteiger charge is -2.29. The van der Waals surface area contributed by atoms with Crippen LogP contribution in [0, 0.1) is 10.7 Å². The van der Waals surface area contributed by atoms with Crippen molar-refractivity contribution in [2.75, 3.05) is 27.7 Å². The van der Waals surface area contributed by atoms with E-state index in [1.54, 1.807) is 6.07 Å². The molecule has 8 nitrogen and oxygen atoms in total. The minimum absolute atomic E-state index is 0.215. The molecule has 2 aromatic carbocycles. The third-order valence-corrected chi connectivity index (χ3v) is 9.20. The lowest BCUT2D eigenvalue weighted by molar-refractivity contribution is -0.884. The first kappa shape index (κ1) is 38.1. The van der Waals surface area contributed by atoms with Crippen LogP contribution in [0.1, 0.15) is 28.8 Å². The van der Waals surface area contributed by atoms with Gasteiger partial charge in [0.2, 0.25) is 0 Å². The molecular weight excluding hydrogens is 922 g/mol. The lowest BCUT2D eigenvalue weighted by Crippen LogP contribution is -2.52. The van der Waals surface area contributed by atoms with Crippen LogP contribution in [-0.4, -0.2) is 74.7 Å². The number of alkyl halides is 5. The molecule has 1 unspecified atom stereocenters. The third-order valence-electron chi connectivity index (χ3n) is 4.66. The topological polar surface area (TPSA) is 110 Å². The van der Waals surface area contributed by atoms with Gasteiger partial charge >= 0.3 is 23.4 Å². The number of hydrogen-bond donors (Lipinski definition) is 0. The summed E-state index contributed by atoms with van der Waals surface area (Å²) in [4.78, 5) is 23.5. The molecule has 0 aromatic heterocycles. The van der Waals surface area contributed by atoms with E-state index in [1.807, 2.05) is 67.8 Å². The molecule has 0 N–H and O–H groups in total. The van der Waals surface area contributed by atoms with Crippen molar-refractivity contribution in [3.63, 3.8) is 0 Å². The summed E-state index contributed by atoms with van der Waals surface area (Å²) in [6, 6.07) is 13.9. The Morgan fingerprint density at radius 2 is 1.56 bits per heavy atom. The number of nitrogens with zero attached hydrogens (tertiary/aromatic N) is 1. The quantitative estimate of drug-likeness (QED) is 0.0552. The number of esters is 2. The fourth-order valence-electron chi connectivity index (χ4n) is 2.94. The van der Waals surface area contributed by atoms with E-state index in [4.69, 9.17) is 4.74 Å². The maximum absolute atomic E-state index is 13.3. The normalized spacial score (nSPS) is 13.1. The summed E-state index contributed by atoms with van der Waals surface area (Å²) in [7, 11) is -0.156. The van der Waals surface area contributed by atoms with Gasteiger partial charge in [0.25, 0.3) is 6.10 Å². The van der Waals surface area contributed by atoms with Crippen LogP contribution < -0.4 is 0 Å². The molecule has 0 spiro atoms. The van der Waals surface area contributed by atoms with E-state index in [0.29, 0.717) is 3.57 Å². The first-order valence-corrected chi connectivity index (χ1v) is 16.0. The molecule has 17 heteroatoms. The predicted molar refractivity (Wildman–Crippen MR) is 163 cm³/mol. The molecule has 0 saturated carbocycles. The van der Waals surface area contributed by atoms with Crippen molar-refractivity contribution in [1.29, 1.82) is 0 Å². The molecule has 2 aromatic rings. The van der Waals surface area contributed by atoms with Gasteiger partial charge in [-0.3, -0.25) is 4.79 Å². The second-order valence-corrected chi connectivity index (χ2v) is 14.3. The Morgan fingerprint density at radius 1 is 1.00 bits per heavy atom. The van der Waals surface area contributed by atoms with Crippen LogP contribution in [0.25, 0.3) is 0 Å². The Morgan fingerprint density at radius 3 is 2.05 bits per heavy atom. The number of hydrogen-bond acceptors (Lipinski definition) is 7. The van der Waals surface area contributed by atoms with Crippen molar-refractivity contribution >= 4 is 89.8 Å². The van der Waals surface area contributed by atoms with Gasteiger partial charge in [0.1, 0.15) is 6.54 Å². The van der Waals surface area contributed by atoms with Crippen molar-refractivity contribution in [3.05, 3.63) is 64.3 Å². The first-order valence-electron chi connectivity index (χ1n) is 11.3. The average Bonchev–Trinajstić information content (AvgIpc) is 2.81. The molecule has 230 valence electrons. The molecule has 0 aliphatic carbocycles. The van der Waals surface area contributed by atoms with Gasteiger partial charge in [0.05, 0.1) is 33.3 Å². The first-order chi connectivity index (χ1) is 18.6. The molecule has 0 fully saturated rings. The second kappa shape index (κ2) is 15.7.